The van der Waals surface area contributed by atoms with Gasteiger partial charge in [0.25, 0.3) is 10.0 Å². The zero-order valence-corrected chi connectivity index (χ0v) is 20.8. The van der Waals surface area contributed by atoms with Gasteiger partial charge in [0.1, 0.15) is 0 Å². The van der Waals surface area contributed by atoms with Crippen molar-refractivity contribution in [3.05, 3.63) is 24.3 Å². The summed E-state index contributed by atoms with van der Waals surface area (Å²) in [6.45, 7) is 4.83. The van der Waals surface area contributed by atoms with Gasteiger partial charge < -0.3 is 4.74 Å². The summed E-state index contributed by atoms with van der Waals surface area (Å²) in [5.74, 6) is -0.456. The van der Waals surface area contributed by atoms with Crippen molar-refractivity contribution in [2.45, 2.75) is 88.9 Å². The van der Waals surface area contributed by atoms with Crippen LogP contribution in [0, 0.1) is 0 Å². The monoisotopic (exact) mass is 480 g/mol. The predicted molar refractivity (Wildman–Crippen MR) is 130 cm³/mol. The fraction of sp³-hybridized carbons (Fsp3) is 0.708. The van der Waals surface area contributed by atoms with Crippen LogP contribution < -0.4 is 4.72 Å². The molecule has 9 heteroatoms. The van der Waals surface area contributed by atoms with E-state index in [1.54, 1.807) is 12.1 Å². The minimum Gasteiger partial charge on any atom is -0.378 e. The number of carbonyl (C=O) groups is 1. The quantitative estimate of drug-likeness (QED) is 0.248. The molecule has 1 amide bonds. The molecule has 1 aliphatic heterocycles. The maximum absolute atomic E-state index is 12.5. The third-order valence-electron chi connectivity index (χ3n) is 5.68. The van der Waals surface area contributed by atoms with E-state index in [1.807, 2.05) is 5.01 Å². The van der Waals surface area contributed by atoms with E-state index in [0.717, 1.165) is 12.8 Å². The van der Waals surface area contributed by atoms with Crippen LogP contribution >= 0.6 is 0 Å². The van der Waals surface area contributed by atoms with E-state index in [4.69, 9.17) is 4.74 Å². The molecular formula is C24H40N4O4S. The molecule has 0 radical (unpaired) electrons. The lowest BCUT2D eigenvalue weighted by molar-refractivity contribution is -0.119. The molecule has 1 N–H and O–H groups in total. The fourth-order valence-electron chi connectivity index (χ4n) is 3.66. The van der Waals surface area contributed by atoms with E-state index in [0.29, 0.717) is 38.4 Å². The highest BCUT2D eigenvalue weighted by atomic mass is 32.2. The van der Waals surface area contributed by atoms with Crippen LogP contribution in [-0.2, 0) is 19.6 Å². The number of morpholine rings is 1. The topological polar surface area (TPSA) is 100 Å². The highest BCUT2D eigenvalue weighted by Gasteiger charge is 2.17. The Morgan fingerprint density at radius 1 is 0.909 bits per heavy atom. The first kappa shape index (κ1) is 27.2. The van der Waals surface area contributed by atoms with Crippen molar-refractivity contribution >= 4 is 21.6 Å². The molecule has 0 saturated carbocycles. The van der Waals surface area contributed by atoms with Gasteiger partial charge in [-0.05, 0) is 30.7 Å². The van der Waals surface area contributed by atoms with E-state index in [2.05, 4.69) is 22.0 Å². The molecule has 1 aromatic carbocycles. The molecular weight excluding hydrogens is 440 g/mol. The first-order chi connectivity index (χ1) is 16.0. The third-order valence-corrected chi connectivity index (χ3v) is 7.07. The maximum Gasteiger partial charge on any atom is 0.264 e. The molecule has 33 heavy (non-hydrogen) atoms. The minimum absolute atomic E-state index is 0.0418. The summed E-state index contributed by atoms with van der Waals surface area (Å²) in [7, 11) is -3.87. The lowest BCUT2D eigenvalue weighted by Gasteiger charge is -2.22. The summed E-state index contributed by atoms with van der Waals surface area (Å²) < 4.78 is 32.3. The van der Waals surface area contributed by atoms with Crippen LogP contribution in [0.3, 0.4) is 0 Å². The standard InChI is InChI=1S/C24H40N4O4S/c1-2-3-4-5-6-7-8-9-10-11-12-13-24(29)26-33(30,31)23-16-14-22(15-17-23)25-27-28-18-20-32-21-19-28/h14-17H,2-13,18-21H2,1H3,(H,26,29). The Hall–Kier alpha value is -2.00. The van der Waals surface area contributed by atoms with E-state index in [9.17, 15) is 13.2 Å². The number of rotatable bonds is 16. The Morgan fingerprint density at radius 3 is 2.03 bits per heavy atom. The SMILES string of the molecule is CCCCCCCCCCCCCC(=O)NS(=O)(=O)c1ccc(N=NN2CCOCC2)cc1. The van der Waals surface area contributed by atoms with Gasteiger partial charge in [0, 0.05) is 6.42 Å². The Balaban J connectivity index is 1.61. The van der Waals surface area contributed by atoms with E-state index in [1.165, 1.54) is 63.5 Å². The van der Waals surface area contributed by atoms with E-state index < -0.39 is 15.9 Å². The molecule has 0 aromatic heterocycles. The molecule has 0 aliphatic carbocycles. The van der Waals surface area contributed by atoms with Crippen molar-refractivity contribution in [1.82, 2.24) is 9.73 Å². The molecule has 0 spiro atoms. The van der Waals surface area contributed by atoms with Crippen LogP contribution in [0.5, 0.6) is 0 Å². The van der Waals surface area contributed by atoms with Crippen LogP contribution in [0.1, 0.15) is 84.0 Å². The van der Waals surface area contributed by atoms with Gasteiger partial charge in [-0.2, -0.15) is 0 Å². The van der Waals surface area contributed by atoms with Crippen LogP contribution in [0.4, 0.5) is 5.69 Å². The first-order valence-corrected chi connectivity index (χ1v) is 13.9. The second-order valence-electron chi connectivity index (χ2n) is 8.56. The van der Waals surface area contributed by atoms with Gasteiger partial charge in [0.05, 0.1) is 36.9 Å². The second kappa shape index (κ2) is 15.8. The molecule has 186 valence electrons. The summed E-state index contributed by atoms with van der Waals surface area (Å²) in [6.07, 6.45) is 13.3. The van der Waals surface area contributed by atoms with Gasteiger partial charge in [-0.15, -0.1) is 5.11 Å². The molecule has 0 bridgehead atoms. The summed E-state index contributed by atoms with van der Waals surface area (Å²) in [6, 6.07) is 6.02. The highest BCUT2D eigenvalue weighted by Crippen LogP contribution is 2.18. The third kappa shape index (κ3) is 11.6. The van der Waals surface area contributed by atoms with Crippen molar-refractivity contribution in [3.63, 3.8) is 0 Å². The summed E-state index contributed by atoms with van der Waals surface area (Å²) >= 11 is 0. The average Bonchev–Trinajstić information content (AvgIpc) is 2.82. The molecule has 1 fully saturated rings. The number of nitrogens with zero attached hydrogens (tertiary/aromatic N) is 3. The van der Waals surface area contributed by atoms with Crippen molar-refractivity contribution < 1.29 is 17.9 Å². The first-order valence-electron chi connectivity index (χ1n) is 12.4. The van der Waals surface area contributed by atoms with Gasteiger partial charge in [-0.25, -0.2) is 13.1 Å². The van der Waals surface area contributed by atoms with Crippen molar-refractivity contribution in [2.75, 3.05) is 26.3 Å². The number of carbonyl (C=O) groups excluding carboxylic acids is 1. The molecule has 1 aromatic rings. The van der Waals surface area contributed by atoms with Gasteiger partial charge in [-0.1, -0.05) is 76.4 Å². The zero-order chi connectivity index (χ0) is 23.8. The maximum atomic E-state index is 12.5. The zero-order valence-electron chi connectivity index (χ0n) is 20.0. The molecule has 1 aliphatic rings. The molecule has 1 saturated heterocycles. The summed E-state index contributed by atoms with van der Waals surface area (Å²) in [5.41, 5.74) is 0.549. The van der Waals surface area contributed by atoms with Gasteiger partial charge in [0.2, 0.25) is 5.91 Å². The number of sulfonamides is 1. The number of benzene rings is 1. The largest absolute Gasteiger partial charge is 0.378 e. The smallest absolute Gasteiger partial charge is 0.264 e. The lowest BCUT2D eigenvalue weighted by atomic mass is 10.1. The summed E-state index contributed by atoms with van der Waals surface area (Å²) in [4.78, 5) is 12.1. The average molecular weight is 481 g/mol. The van der Waals surface area contributed by atoms with Crippen LogP contribution in [-0.4, -0.2) is 45.6 Å². The number of unbranched alkanes of at least 4 members (excludes halogenated alkanes) is 10. The predicted octanol–water partition coefficient (Wildman–Crippen LogP) is 5.52. The van der Waals surface area contributed by atoms with Crippen LogP contribution in [0.15, 0.2) is 39.5 Å². The Bertz CT molecular complexity index is 806. The van der Waals surface area contributed by atoms with Crippen LogP contribution in [0.25, 0.3) is 0 Å². The highest BCUT2D eigenvalue weighted by molar-refractivity contribution is 7.90. The number of ether oxygens (including phenoxy) is 1. The van der Waals surface area contributed by atoms with Crippen molar-refractivity contribution in [1.29, 1.82) is 0 Å². The van der Waals surface area contributed by atoms with Crippen molar-refractivity contribution in [3.8, 4) is 0 Å². The van der Waals surface area contributed by atoms with Crippen molar-refractivity contribution in [2.24, 2.45) is 10.3 Å². The minimum atomic E-state index is -3.87. The van der Waals surface area contributed by atoms with Gasteiger partial charge in [0.15, 0.2) is 0 Å². The van der Waals surface area contributed by atoms with E-state index >= 15 is 0 Å². The Labute approximate surface area is 199 Å². The second-order valence-corrected chi connectivity index (χ2v) is 10.2. The van der Waals surface area contributed by atoms with Gasteiger partial charge in [-0.3, -0.25) is 9.80 Å². The number of amides is 1. The normalized spacial score (nSPS) is 14.6. The Morgan fingerprint density at radius 2 is 1.45 bits per heavy atom. The Kier molecular flexibility index (Phi) is 13.0. The van der Waals surface area contributed by atoms with Gasteiger partial charge >= 0.3 is 0 Å². The molecule has 2 rings (SSSR count). The molecule has 0 unspecified atom stereocenters. The summed E-state index contributed by atoms with van der Waals surface area (Å²) in [5, 5.41) is 10.1. The molecule has 8 nitrogen and oxygen atoms in total. The number of nitrogens with one attached hydrogen (secondary N) is 1. The number of hydrogen-bond donors (Lipinski definition) is 1. The van der Waals surface area contributed by atoms with E-state index in [-0.39, 0.29) is 11.3 Å². The number of hydrogen-bond acceptors (Lipinski definition) is 6. The van der Waals surface area contributed by atoms with Crippen LogP contribution in [0.2, 0.25) is 0 Å². The molecule has 1 heterocycles. The lowest BCUT2D eigenvalue weighted by Crippen LogP contribution is -2.31. The fourth-order valence-corrected chi connectivity index (χ4v) is 4.67. The molecule has 0 atom stereocenters.